The maximum atomic E-state index is 12.7. The first-order chi connectivity index (χ1) is 9.31. The zero-order valence-electron chi connectivity index (χ0n) is 10.7. The highest BCUT2D eigenvalue weighted by atomic mass is 79.9. The van der Waals surface area contributed by atoms with Crippen LogP contribution in [0.25, 0.3) is 0 Å². The lowest BCUT2D eigenvalue weighted by atomic mass is 9.96. The molecule has 0 aromatic heterocycles. The molecular weight excluding hydrogens is 427 g/mol. The van der Waals surface area contributed by atoms with Crippen LogP contribution < -0.4 is 0 Å². The molecule has 0 aliphatic rings. The van der Waals surface area contributed by atoms with Gasteiger partial charge in [0, 0.05) is 30.1 Å². The second kappa shape index (κ2) is 6.18. The number of rotatable bonds is 2. The van der Waals surface area contributed by atoms with Crippen LogP contribution in [0.1, 0.15) is 27.0 Å². The largest absolute Gasteiger partial charge is 0.289 e. The van der Waals surface area contributed by atoms with Crippen molar-refractivity contribution in [1.29, 1.82) is 0 Å². The second-order valence-electron chi connectivity index (χ2n) is 4.45. The van der Waals surface area contributed by atoms with E-state index in [9.17, 15) is 4.79 Å². The van der Waals surface area contributed by atoms with Crippen molar-refractivity contribution in [2.75, 3.05) is 0 Å². The van der Waals surface area contributed by atoms with E-state index in [2.05, 4.69) is 31.9 Å². The van der Waals surface area contributed by atoms with Crippen LogP contribution in [0.4, 0.5) is 0 Å². The number of hydrogen-bond donors (Lipinski definition) is 0. The molecule has 0 spiro atoms. The number of ketones is 1. The van der Waals surface area contributed by atoms with E-state index in [1.54, 1.807) is 24.3 Å². The van der Waals surface area contributed by atoms with E-state index in [-0.39, 0.29) is 5.78 Å². The van der Waals surface area contributed by atoms with Crippen LogP contribution in [0.15, 0.2) is 33.2 Å². The lowest BCUT2D eigenvalue weighted by Crippen LogP contribution is -2.07. The standard InChI is InChI=1S/C15H10Br2Cl2O/c1-7-11(3-9(18)5-13(7)16)15(20)12-4-10(19)6-14(17)8(12)2/h3-6H,1-2H3. The molecule has 0 heterocycles. The fourth-order valence-electron chi connectivity index (χ4n) is 1.91. The van der Waals surface area contributed by atoms with E-state index in [1.165, 1.54) is 0 Å². The quantitative estimate of drug-likeness (QED) is 0.500. The molecule has 0 unspecified atom stereocenters. The van der Waals surface area contributed by atoms with Crippen molar-refractivity contribution >= 4 is 60.8 Å². The van der Waals surface area contributed by atoms with Crippen LogP contribution in [-0.4, -0.2) is 5.78 Å². The van der Waals surface area contributed by atoms with Crippen molar-refractivity contribution in [3.05, 3.63) is 65.5 Å². The lowest BCUT2D eigenvalue weighted by molar-refractivity contribution is 0.103. The van der Waals surface area contributed by atoms with Gasteiger partial charge >= 0.3 is 0 Å². The number of carbonyl (C=O) groups excluding carboxylic acids is 1. The predicted molar refractivity (Wildman–Crippen MR) is 91.2 cm³/mol. The van der Waals surface area contributed by atoms with Gasteiger partial charge in [-0.3, -0.25) is 4.79 Å². The number of benzene rings is 2. The number of halogens is 4. The summed E-state index contributed by atoms with van der Waals surface area (Å²) in [5, 5.41) is 1.04. The zero-order valence-corrected chi connectivity index (χ0v) is 15.4. The lowest BCUT2D eigenvalue weighted by Gasteiger charge is -2.11. The normalized spacial score (nSPS) is 10.7. The molecule has 2 aromatic rings. The molecular formula is C15H10Br2Cl2O. The Labute approximate surface area is 144 Å². The third-order valence-corrected chi connectivity index (χ3v) is 5.19. The molecule has 2 aromatic carbocycles. The third-order valence-electron chi connectivity index (χ3n) is 3.11. The molecule has 20 heavy (non-hydrogen) atoms. The van der Waals surface area contributed by atoms with Crippen molar-refractivity contribution in [3.63, 3.8) is 0 Å². The summed E-state index contributed by atoms with van der Waals surface area (Å²) >= 11 is 18.9. The molecule has 0 N–H and O–H groups in total. The molecule has 0 saturated carbocycles. The fourth-order valence-corrected chi connectivity index (χ4v) is 3.53. The molecule has 0 amide bonds. The van der Waals surface area contributed by atoms with Crippen molar-refractivity contribution in [1.82, 2.24) is 0 Å². The van der Waals surface area contributed by atoms with Crippen LogP contribution in [0.5, 0.6) is 0 Å². The third kappa shape index (κ3) is 3.11. The summed E-state index contributed by atoms with van der Waals surface area (Å²) in [6.45, 7) is 3.76. The summed E-state index contributed by atoms with van der Waals surface area (Å²) in [4.78, 5) is 12.7. The van der Waals surface area contributed by atoms with Gasteiger partial charge in [-0.05, 0) is 49.2 Å². The van der Waals surface area contributed by atoms with Gasteiger partial charge < -0.3 is 0 Å². The first-order valence-corrected chi connectivity index (χ1v) is 8.11. The highest BCUT2D eigenvalue weighted by molar-refractivity contribution is 9.10. The molecule has 0 atom stereocenters. The maximum Gasteiger partial charge on any atom is 0.193 e. The summed E-state index contributed by atoms with van der Waals surface area (Å²) in [6, 6.07) is 6.90. The molecule has 0 saturated heterocycles. The summed E-state index contributed by atoms with van der Waals surface area (Å²) in [6.07, 6.45) is 0. The SMILES string of the molecule is Cc1c(Br)cc(Cl)cc1C(=O)c1cc(Cl)cc(Br)c1C. The Morgan fingerprint density at radius 2 is 1.20 bits per heavy atom. The predicted octanol–water partition coefficient (Wildman–Crippen LogP) is 6.37. The van der Waals surface area contributed by atoms with Crippen molar-refractivity contribution in [3.8, 4) is 0 Å². The second-order valence-corrected chi connectivity index (χ2v) is 7.03. The Morgan fingerprint density at radius 3 is 1.55 bits per heavy atom. The van der Waals surface area contributed by atoms with Gasteiger partial charge in [-0.25, -0.2) is 0 Å². The Balaban J connectivity index is 2.64. The van der Waals surface area contributed by atoms with Gasteiger partial charge in [0.1, 0.15) is 0 Å². The molecule has 1 nitrogen and oxygen atoms in total. The van der Waals surface area contributed by atoms with E-state index in [1.807, 2.05) is 13.8 Å². The first kappa shape index (κ1) is 16.0. The Morgan fingerprint density at radius 1 is 0.850 bits per heavy atom. The molecule has 0 aliphatic heterocycles. The molecule has 104 valence electrons. The number of carbonyl (C=O) groups is 1. The van der Waals surface area contributed by atoms with E-state index >= 15 is 0 Å². The van der Waals surface area contributed by atoms with Crippen molar-refractivity contribution in [2.45, 2.75) is 13.8 Å². The average Bonchev–Trinajstić information content (AvgIpc) is 2.37. The van der Waals surface area contributed by atoms with Gasteiger partial charge in [-0.1, -0.05) is 55.1 Å². The van der Waals surface area contributed by atoms with Gasteiger partial charge in [0.25, 0.3) is 0 Å². The van der Waals surface area contributed by atoms with Crippen LogP contribution >= 0.6 is 55.1 Å². The zero-order chi connectivity index (χ0) is 15.0. The summed E-state index contributed by atoms with van der Waals surface area (Å²) in [7, 11) is 0. The van der Waals surface area contributed by atoms with Gasteiger partial charge in [0.2, 0.25) is 0 Å². The smallest absolute Gasteiger partial charge is 0.193 e. The Hall–Kier alpha value is -0.350. The minimum atomic E-state index is -0.0913. The highest BCUT2D eigenvalue weighted by Crippen LogP contribution is 2.30. The van der Waals surface area contributed by atoms with Crippen LogP contribution in [-0.2, 0) is 0 Å². The summed E-state index contributed by atoms with van der Waals surface area (Å²) in [5.41, 5.74) is 2.85. The van der Waals surface area contributed by atoms with E-state index in [0.717, 1.165) is 20.1 Å². The topological polar surface area (TPSA) is 17.1 Å². The van der Waals surface area contributed by atoms with Crippen LogP contribution in [0, 0.1) is 13.8 Å². The highest BCUT2D eigenvalue weighted by Gasteiger charge is 2.18. The molecule has 5 heteroatoms. The number of hydrogen-bond acceptors (Lipinski definition) is 1. The average molecular weight is 437 g/mol. The van der Waals surface area contributed by atoms with Crippen molar-refractivity contribution < 1.29 is 4.79 Å². The minimum Gasteiger partial charge on any atom is -0.289 e. The summed E-state index contributed by atoms with van der Waals surface area (Å²) in [5.74, 6) is -0.0913. The maximum absolute atomic E-state index is 12.7. The van der Waals surface area contributed by atoms with E-state index < -0.39 is 0 Å². The van der Waals surface area contributed by atoms with Gasteiger partial charge in [-0.15, -0.1) is 0 Å². The molecule has 0 aliphatic carbocycles. The molecule has 0 fully saturated rings. The minimum absolute atomic E-state index is 0.0913. The molecule has 0 bridgehead atoms. The van der Waals surface area contributed by atoms with Crippen LogP contribution in [0.3, 0.4) is 0 Å². The molecule has 0 radical (unpaired) electrons. The van der Waals surface area contributed by atoms with Gasteiger partial charge in [0.05, 0.1) is 0 Å². The Bertz CT molecular complexity index is 652. The van der Waals surface area contributed by atoms with Gasteiger partial charge in [0.15, 0.2) is 5.78 Å². The van der Waals surface area contributed by atoms with Gasteiger partial charge in [-0.2, -0.15) is 0 Å². The van der Waals surface area contributed by atoms with Crippen molar-refractivity contribution in [2.24, 2.45) is 0 Å². The Kier molecular flexibility index (Phi) is 4.96. The fraction of sp³-hybridized carbons (Fsp3) is 0.133. The van der Waals surface area contributed by atoms with E-state index in [4.69, 9.17) is 23.2 Å². The molecule has 2 rings (SSSR count). The van der Waals surface area contributed by atoms with E-state index in [0.29, 0.717) is 21.2 Å². The first-order valence-electron chi connectivity index (χ1n) is 5.77. The van der Waals surface area contributed by atoms with Crippen LogP contribution in [0.2, 0.25) is 10.0 Å². The monoisotopic (exact) mass is 434 g/mol. The summed E-state index contributed by atoms with van der Waals surface area (Å²) < 4.78 is 1.62.